The van der Waals surface area contributed by atoms with Crippen molar-refractivity contribution < 1.29 is 13.2 Å². The van der Waals surface area contributed by atoms with Gasteiger partial charge in [0.05, 0.1) is 17.0 Å². The molecular formula is C16H11F3N4. The number of aliphatic imine (C=N–C) groups is 1. The lowest BCUT2D eigenvalue weighted by atomic mass is 9.89. The van der Waals surface area contributed by atoms with Gasteiger partial charge in [0, 0.05) is 36.8 Å². The number of aromatic nitrogens is 2. The van der Waals surface area contributed by atoms with E-state index in [4.69, 9.17) is 5.41 Å². The van der Waals surface area contributed by atoms with Gasteiger partial charge < -0.3 is 5.41 Å². The first-order chi connectivity index (χ1) is 11.0. The Kier molecular flexibility index (Phi) is 3.77. The van der Waals surface area contributed by atoms with E-state index in [9.17, 15) is 13.2 Å². The van der Waals surface area contributed by atoms with Crippen LogP contribution in [0.2, 0.25) is 0 Å². The van der Waals surface area contributed by atoms with Crippen LogP contribution in [0.25, 0.3) is 5.57 Å². The summed E-state index contributed by atoms with van der Waals surface area (Å²) in [7, 11) is 0. The van der Waals surface area contributed by atoms with E-state index in [1.807, 2.05) is 12.1 Å². The van der Waals surface area contributed by atoms with Crippen molar-refractivity contribution in [3.05, 3.63) is 65.4 Å². The molecule has 0 amide bonds. The molecule has 0 bridgehead atoms. The van der Waals surface area contributed by atoms with Gasteiger partial charge in [-0.15, -0.1) is 0 Å². The van der Waals surface area contributed by atoms with Gasteiger partial charge in [0.25, 0.3) is 0 Å². The number of halogens is 3. The zero-order chi connectivity index (χ0) is 16.4. The molecule has 2 aromatic heterocycles. The normalized spacial score (nSPS) is 16.0. The highest BCUT2D eigenvalue weighted by molar-refractivity contribution is 6.36. The molecule has 0 fully saturated rings. The fourth-order valence-electron chi connectivity index (χ4n) is 2.23. The first-order valence-electron chi connectivity index (χ1n) is 6.74. The molecule has 0 saturated carbocycles. The number of hydrogen-bond acceptors (Lipinski definition) is 4. The second-order valence-electron chi connectivity index (χ2n) is 4.93. The van der Waals surface area contributed by atoms with Crippen LogP contribution in [0.4, 0.5) is 13.2 Å². The molecule has 0 atom stereocenters. The van der Waals surface area contributed by atoms with Gasteiger partial charge >= 0.3 is 6.18 Å². The van der Waals surface area contributed by atoms with Crippen LogP contribution in [0.5, 0.6) is 0 Å². The maximum atomic E-state index is 12.7. The van der Waals surface area contributed by atoms with Gasteiger partial charge in [-0.05, 0) is 23.8 Å². The summed E-state index contributed by atoms with van der Waals surface area (Å²) in [6, 6.07) is 5.56. The molecule has 1 aliphatic rings. The Bertz CT molecular complexity index is 822. The maximum Gasteiger partial charge on any atom is 0.416 e. The summed E-state index contributed by atoms with van der Waals surface area (Å²) in [4.78, 5) is 12.2. The van der Waals surface area contributed by atoms with Crippen molar-refractivity contribution in [2.75, 3.05) is 0 Å². The summed E-state index contributed by atoms with van der Waals surface area (Å²) >= 11 is 0. The summed E-state index contributed by atoms with van der Waals surface area (Å²) in [6.45, 7) is 0. The second kappa shape index (κ2) is 5.75. The highest BCUT2D eigenvalue weighted by Gasteiger charge is 2.31. The molecule has 0 aromatic carbocycles. The standard InChI is InChI=1S/C16H11F3N4/c17-16(18,19)12-3-5-21-13(7-12)14(8-20)23-9-11-6-10-2-1-4-22-15(10)11/h1-5,7-9,20H,6H2/b11-9+,20-8?,23-14+. The van der Waals surface area contributed by atoms with Crippen LogP contribution in [0.3, 0.4) is 0 Å². The van der Waals surface area contributed by atoms with E-state index in [1.54, 1.807) is 6.20 Å². The number of alkyl halides is 3. The SMILES string of the molecule is N=C/C(=N\C=C1/Cc2cccnc21)c1cc(C(F)(F)F)ccn1. The van der Waals surface area contributed by atoms with Crippen molar-refractivity contribution >= 4 is 17.5 Å². The van der Waals surface area contributed by atoms with Crippen molar-refractivity contribution in [3.63, 3.8) is 0 Å². The van der Waals surface area contributed by atoms with Gasteiger partial charge in [0.1, 0.15) is 5.71 Å². The van der Waals surface area contributed by atoms with Gasteiger partial charge in [0.2, 0.25) is 0 Å². The molecular weight excluding hydrogens is 305 g/mol. The Balaban J connectivity index is 1.91. The van der Waals surface area contributed by atoms with E-state index in [0.29, 0.717) is 6.42 Å². The van der Waals surface area contributed by atoms with Crippen LogP contribution in [0, 0.1) is 5.41 Å². The largest absolute Gasteiger partial charge is 0.416 e. The summed E-state index contributed by atoms with van der Waals surface area (Å²) in [5.41, 5.74) is 2.06. The van der Waals surface area contributed by atoms with E-state index in [-0.39, 0.29) is 11.4 Å². The van der Waals surface area contributed by atoms with Crippen molar-refractivity contribution in [2.45, 2.75) is 12.6 Å². The van der Waals surface area contributed by atoms with E-state index in [2.05, 4.69) is 15.0 Å². The van der Waals surface area contributed by atoms with E-state index < -0.39 is 11.7 Å². The van der Waals surface area contributed by atoms with Crippen molar-refractivity contribution in [3.8, 4) is 0 Å². The lowest BCUT2D eigenvalue weighted by Gasteiger charge is -2.19. The topological polar surface area (TPSA) is 62.0 Å². The zero-order valence-corrected chi connectivity index (χ0v) is 11.8. The van der Waals surface area contributed by atoms with Gasteiger partial charge in [0.15, 0.2) is 0 Å². The number of pyridine rings is 2. The summed E-state index contributed by atoms with van der Waals surface area (Å²) < 4.78 is 38.2. The fraction of sp³-hybridized carbons (Fsp3) is 0.125. The third kappa shape index (κ3) is 3.03. The molecule has 23 heavy (non-hydrogen) atoms. The number of nitrogens with one attached hydrogen (secondary N) is 1. The molecule has 116 valence electrons. The molecule has 0 unspecified atom stereocenters. The zero-order valence-electron chi connectivity index (χ0n) is 11.8. The third-order valence-corrected chi connectivity index (χ3v) is 3.42. The quantitative estimate of drug-likeness (QED) is 0.881. The van der Waals surface area contributed by atoms with Crippen LogP contribution in [0.15, 0.2) is 47.9 Å². The molecule has 2 heterocycles. The minimum atomic E-state index is -4.46. The molecule has 2 aromatic rings. The Hall–Kier alpha value is -2.83. The number of hydrogen-bond donors (Lipinski definition) is 1. The van der Waals surface area contributed by atoms with E-state index in [0.717, 1.165) is 41.4 Å². The molecule has 1 N–H and O–H groups in total. The summed E-state index contributed by atoms with van der Waals surface area (Å²) in [6.07, 6.45) is 1.38. The van der Waals surface area contributed by atoms with E-state index >= 15 is 0 Å². The van der Waals surface area contributed by atoms with Crippen molar-refractivity contribution in [2.24, 2.45) is 4.99 Å². The van der Waals surface area contributed by atoms with Gasteiger partial charge in [-0.3, -0.25) is 15.0 Å². The maximum absolute atomic E-state index is 12.7. The smallest absolute Gasteiger partial charge is 0.306 e. The lowest BCUT2D eigenvalue weighted by Crippen LogP contribution is -2.11. The highest BCUT2D eigenvalue weighted by Crippen LogP contribution is 2.32. The van der Waals surface area contributed by atoms with Gasteiger partial charge in [-0.2, -0.15) is 13.2 Å². The predicted octanol–water partition coefficient (Wildman–Crippen LogP) is 3.53. The monoisotopic (exact) mass is 316 g/mol. The highest BCUT2D eigenvalue weighted by atomic mass is 19.4. The predicted molar refractivity (Wildman–Crippen MR) is 80.5 cm³/mol. The number of fused-ring (bicyclic) bond motifs is 1. The number of rotatable bonds is 3. The van der Waals surface area contributed by atoms with Gasteiger partial charge in [-0.1, -0.05) is 6.07 Å². The van der Waals surface area contributed by atoms with Crippen molar-refractivity contribution in [1.29, 1.82) is 5.41 Å². The molecule has 4 nitrogen and oxygen atoms in total. The number of nitrogens with zero attached hydrogens (tertiary/aromatic N) is 3. The first-order valence-corrected chi connectivity index (χ1v) is 6.74. The average Bonchev–Trinajstić information content (AvgIpc) is 2.51. The van der Waals surface area contributed by atoms with Crippen molar-refractivity contribution in [1.82, 2.24) is 9.97 Å². The fourth-order valence-corrected chi connectivity index (χ4v) is 2.23. The Morgan fingerprint density at radius 1 is 1.22 bits per heavy atom. The molecule has 1 aliphatic carbocycles. The Labute approximate surface area is 129 Å². The molecule has 0 spiro atoms. The minimum Gasteiger partial charge on any atom is -0.306 e. The first kappa shape index (κ1) is 15.1. The second-order valence-corrected chi connectivity index (χ2v) is 4.93. The molecule has 0 saturated heterocycles. The van der Waals surface area contributed by atoms with Crippen LogP contribution >= 0.6 is 0 Å². The molecule has 0 radical (unpaired) electrons. The Morgan fingerprint density at radius 2 is 2.04 bits per heavy atom. The summed E-state index contributed by atoms with van der Waals surface area (Å²) in [5.74, 6) is 0. The number of allylic oxidation sites excluding steroid dienone is 1. The van der Waals surface area contributed by atoms with Gasteiger partial charge in [-0.25, -0.2) is 0 Å². The minimum absolute atomic E-state index is 0.00671. The molecule has 0 aliphatic heterocycles. The van der Waals surface area contributed by atoms with Crippen LogP contribution < -0.4 is 0 Å². The molecule has 3 rings (SSSR count). The third-order valence-electron chi connectivity index (χ3n) is 3.42. The van der Waals surface area contributed by atoms with E-state index in [1.165, 1.54) is 6.20 Å². The van der Waals surface area contributed by atoms with Crippen LogP contribution in [0.1, 0.15) is 22.5 Å². The Morgan fingerprint density at radius 3 is 2.74 bits per heavy atom. The van der Waals surface area contributed by atoms with Crippen LogP contribution in [-0.2, 0) is 12.6 Å². The molecule has 7 heteroatoms. The van der Waals surface area contributed by atoms with Crippen LogP contribution in [-0.4, -0.2) is 21.9 Å². The summed E-state index contributed by atoms with van der Waals surface area (Å²) in [5, 5.41) is 7.37. The lowest BCUT2D eigenvalue weighted by molar-refractivity contribution is -0.137. The average molecular weight is 316 g/mol.